The third kappa shape index (κ3) is 3.16. The fourth-order valence-corrected chi connectivity index (χ4v) is 2.62. The SMILES string of the molecule is Nc1cc(C#Cc2cnn3ccc(-c4cccc(Cl)c4)nc23)ccn1. The van der Waals surface area contributed by atoms with Crippen LogP contribution in [0.5, 0.6) is 0 Å². The van der Waals surface area contributed by atoms with Gasteiger partial charge in [0.25, 0.3) is 0 Å². The molecule has 3 aromatic heterocycles. The minimum absolute atomic E-state index is 0.438. The van der Waals surface area contributed by atoms with Gasteiger partial charge in [0.15, 0.2) is 5.65 Å². The molecular formula is C19H12ClN5. The van der Waals surface area contributed by atoms with Crippen LogP contribution in [-0.4, -0.2) is 19.6 Å². The molecule has 0 spiro atoms. The molecular weight excluding hydrogens is 334 g/mol. The summed E-state index contributed by atoms with van der Waals surface area (Å²) in [6.07, 6.45) is 5.18. The molecule has 0 aliphatic heterocycles. The third-order valence-corrected chi connectivity index (χ3v) is 3.85. The maximum atomic E-state index is 6.07. The molecule has 0 saturated heterocycles. The molecule has 0 fully saturated rings. The van der Waals surface area contributed by atoms with E-state index in [-0.39, 0.29) is 0 Å². The highest BCUT2D eigenvalue weighted by molar-refractivity contribution is 6.30. The maximum Gasteiger partial charge on any atom is 0.171 e. The average Bonchev–Trinajstić information content (AvgIpc) is 3.02. The second kappa shape index (κ2) is 6.27. The Bertz CT molecular complexity index is 1140. The smallest absolute Gasteiger partial charge is 0.171 e. The second-order valence-corrected chi connectivity index (χ2v) is 5.81. The fourth-order valence-electron chi connectivity index (χ4n) is 2.43. The molecule has 120 valence electrons. The van der Waals surface area contributed by atoms with E-state index in [2.05, 4.69) is 26.9 Å². The molecule has 0 unspecified atom stereocenters. The maximum absolute atomic E-state index is 6.07. The van der Waals surface area contributed by atoms with E-state index in [1.165, 1.54) is 0 Å². The Balaban J connectivity index is 1.77. The van der Waals surface area contributed by atoms with E-state index in [1.807, 2.05) is 36.5 Å². The molecule has 25 heavy (non-hydrogen) atoms. The van der Waals surface area contributed by atoms with Crippen LogP contribution in [0, 0.1) is 11.8 Å². The van der Waals surface area contributed by atoms with Gasteiger partial charge in [0, 0.05) is 28.5 Å². The number of pyridine rings is 1. The van der Waals surface area contributed by atoms with E-state index in [0.717, 1.165) is 22.4 Å². The summed E-state index contributed by atoms with van der Waals surface area (Å²) in [5.74, 6) is 6.60. The van der Waals surface area contributed by atoms with Gasteiger partial charge in [-0.05, 0) is 30.3 Å². The Kier molecular flexibility index (Phi) is 3.81. The summed E-state index contributed by atoms with van der Waals surface area (Å²) in [5.41, 5.74) is 9.64. The predicted octanol–water partition coefficient (Wildman–Crippen LogP) is 3.43. The lowest BCUT2D eigenvalue weighted by Crippen LogP contribution is -1.92. The molecule has 1 aromatic carbocycles. The van der Waals surface area contributed by atoms with Crippen molar-refractivity contribution in [1.29, 1.82) is 0 Å². The van der Waals surface area contributed by atoms with Crippen LogP contribution in [0.2, 0.25) is 5.02 Å². The summed E-state index contributed by atoms with van der Waals surface area (Å²) < 4.78 is 1.69. The Morgan fingerprint density at radius 1 is 1.08 bits per heavy atom. The topological polar surface area (TPSA) is 69.1 Å². The van der Waals surface area contributed by atoms with Gasteiger partial charge in [0.05, 0.1) is 17.5 Å². The quantitative estimate of drug-likeness (QED) is 0.537. The molecule has 0 aliphatic rings. The van der Waals surface area contributed by atoms with Crippen molar-refractivity contribution in [3.8, 4) is 23.1 Å². The molecule has 0 atom stereocenters. The van der Waals surface area contributed by atoms with Gasteiger partial charge < -0.3 is 5.73 Å². The van der Waals surface area contributed by atoms with E-state index < -0.39 is 0 Å². The highest BCUT2D eigenvalue weighted by Gasteiger charge is 2.06. The third-order valence-electron chi connectivity index (χ3n) is 3.61. The molecule has 2 N–H and O–H groups in total. The Morgan fingerprint density at radius 3 is 2.84 bits per heavy atom. The zero-order valence-electron chi connectivity index (χ0n) is 13.0. The van der Waals surface area contributed by atoms with Gasteiger partial charge in [-0.25, -0.2) is 14.5 Å². The lowest BCUT2D eigenvalue weighted by atomic mass is 10.1. The van der Waals surface area contributed by atoms with Crippen LogP contribution in [0.15, 0.2) is 61.1 Å². The van der Waals surface area contributed by atoms with Crippen LogP contribution >= 0.6 is 11.6 Å². The van der Waals surface area contributed by atoms with Gasteiger partial charge in [0.2, 0.25) is 0 Å². The first-order chi connectivity index (χ1) is 12.2. The van der Waals surface area contributed by atoms with Crippen molar-refractivity contribution >= 4 is 23.1 Å². The number of rotatable bonds is 1. The molecule has 6 heteroatoms. The van der Waals surface area contributed by atoms with Crippen LogP contribution in [-0.2, 0) is 0 Å². The van der Waals surface area contributed by atoms with Gasteiger partial charge in [0.1, 0.15) is 5.82 Å². The number of fused-ring (bicyclic) bond motifs is 1. The van der Waals surface area contributed by atoms with Crippen LogP contribution in [0.1, 0.15) is 11.1 Å². The number of halogens is 1. The minimum atomic E-state index is 0.438. The molecule has 0 saturated carbocycles. The van der Waals surface area contributed by atoms with Crippen LogP contribution in [0.3, 0.4) is 0 Å². The predicted molar refractivity (Wildman–Crippen MR) is 98.1 cm³/mol. The molecule has 0 bridgehead atoms. The first-order valence-corrected chi connectivity index (χ1v) is 7.91. The number of aromatic nitrogens is 4. The van der Waals surface area contributed by atoms with Crippen molar-refractivity contribution in [2.45, 2.75) is 0 Å². The monoisotopic (exact) mass is 345 g/mol. The number of nitrogens with two attached hydrogens (primary N) is 1. The van der Waals surface area contributed by atoms with E-state index in [4.69, 9.17) is 17.3 Å². The number of nitrogen functional groups attached to an aromatic ring is 1. The van der Waals surface area contributed by atoms with Crippen LogP contribution < -0.4 is 5.73 Å². The molecule has 3 heterocycles. The zero-order chi connectivity index (χ0) is 17.2. The van der Waals surface area contributed by atoms with E-state index in [0.29, 0.717) is 16.5 Å². The number of benzene rings is 1. The van der Waals surface area contributed by atoms with E-state index in [9.17, 15) is 0 Å². The summed E-state index contributed by atoms with van der Waals surface area (Å²) in [5, 5.41) is 4.96. The fraction of sp³-hybridized carbons (Fsp3) is 0. The van der Waals surface area contributed by atoms with Crippen molar-refractivity contribution in [2.24, 2.45) is 0 Å². The van der Waals surface area contributed by atoms with Crippen LogP contribution in [0.25, 0.3) is 16.9 Å². The number of hydrogen-bond acceptors (Lipinski definition) is 4. The van der Waals surface area contributed by atoms with Gasteiger partial charge in [-0.2, -0.15) is 5.10 Å². The standard InChI is InChI=1S/C19H12ClN5/c20-16-3-1-2-14(11-16)17-7-9-25-19(24-17)15(12-23-25)5-4-13-6-8-22-18(21)10-13/h1-3,6-12H,(H2,21,22). The van der Waals surface area contributed by atoms with Crippen molar-refractivity contribution in [3.05, 3.63) is 77.2 Å². The second-order valence-electron chi connectivity index (χ2n) is 5.37. The highest BCUT2D eigenvalue weighted by atomic mass is 35.5. The molecule has 4 aromatic rings. The zero-order valence-corrected chi connectivity index (χ0v) is 13.8. The Labute approximate surface area is 149 Å². The van der Waals surface area contributed by atoms with Crippen molar-refractivity contribution < 1.29 is 0 Å². The van der Waals surface area contributed by atoms with Gasteiger partial charge >= 0.3 is 0 Å². The lowest BCUT2D eigenvalue weighted by molar-refractivity contribution is 0.941. The summed E-state index contributed by atoms with van der Waals surface area (Å²) in [4.78, 5) is 8.64. The summed E-state index contributed by atoms with van der Waals surface area (Å²) >= 11 is 6.07. The summed E-state index contributed by atoms with van der Waals surface area (Å²) in [7, 11) is 0. The first-order valence-electron chi connectivity index (χ1n) is 7.53. The van der Waals surface area contributed by atoms with Crippen molar-refractivity contribution in [1.82, 2.24) is 19.6 Å². The van der Waals surface area contributed by atoms with Gasteiger partial charge in [-0.1, -0.05) is 35.6 Å². The largest absolute Gasteiger partial charge is 0.384 e. The average molecular weight is 346 g/mol. The highest BCUT2D eigenvalue weighted by Crippen LogP contribution is 2.22. The van der Waals surface area contributed by atoms with Crippen molar-refractivity contribution in [2.75, 3.05) is 5.73 Å². The molecule has 0 radical (unpaired) electrons. The number of hydrogen-bond donors (Lipinski definition) is 1. The lowest BCUT2D eigenvalue weighted by Gasteiger charge is -2.02. The molecule has 5 nitrogen and oxygen atoms in total. The molecule has 4 rings (SSSR count). The Hall–Kier alpha value is -3.36. The normalized spacial score (nSPS) is 10.4. The molecule has 0 aliphatic carbocycles. The van der Waals surface area contributed by atoms with E-state index >= 15 is 0 Å². The Morgan fingerprint density at radius 2 is 2.00 bits per heavy atom. The van der Waals surface area contributed by atoms with Gasteiger partial charge in [-0.15, -0.1) is 0 Å². The summed E-state index contributed by atoms with van der Waals surface area (Å²) in [6, 6.07) is 13.0. The minimum Gasteiger partial charge on any atom is -0.384 e. The van der Waals surface area contributed by atoms with Crippen molar-refractivity contribution in [3.63, 3.8) is 0 Å². The number of anilines is 1. The van der Waals surface area contributed by atoms with Gasteiger partial charge in [-0.3, -0.25) is 0 Å². The van der Waals surface area contributed by atoms with Crippen LogP contribution in [0.4, 0.5) is 5.82 Å². The first kappa shape index (κ1) is 15.2. The van der Waals surface area contributed by atoms with E-state index in [1.54, 1.807) is 29.0 Å². The number of nitrogens with zero attached hydrogens (tertiary/aromatic N) is 4. The summed E-state index contributed by atoms with van der Waals surface area (Å²) in [6.45, 7) is 0. The molecule has 0 amide bonds.